The lowest BCUT2D eigenvalue weighted by Gasteiger charge is -2.23. The highest BCUT2D eigenvalue weighted by Gasteiger charge is 2.16. The first-order valence-corrected chi connectivity index (χ1v) is 5.85. The number of esters is 1. The van der Waals surface area contributed by atoms with Crippen molar-refractivity contribution in [2.45, 2.75) is 13.3 Å². The van der Waals surface area contributed by atoms with E-state index in [1.54, 1.807) is 11.0 Å². The van der Waals surface area contributed by atoms with E-state index in [0.29, 0.717) is 12.2 Å². The fraction of sp³-hybridized carbons (Fsp3) is 0.417. The number of anilines is 2. The zero-order chi connectivity index (χ0) is 14.4. The first-order valence-electron chi connectivity index (χ1n) is 5.85. The molecule has 0 unspecified atom stereocenters. The zero-order valence-electron chi connectivity index (χ0n) is 11.0. The molecule has 7 nitrogen and oxygen atoms in total. The number of hydrogen-bond donors (Lipinski definition) is 1. The number of benzene rings is 1. The minimum Gasteiger partial charge on any atom is -0.468 e. The zero-order valence-corrected chi connectivity index (χ0v) is 11.0. The highest BCUT2D eigenvalue weighted by molar-refractivity contribution is 5.77. The van der Waals surface area contributed by atoms with Crippen molar-refractivity contribution in [1.29, 1.82) is 0 Å². The second-order valence-corrected chi connectivity index (χ2v) is 4.00. The minimum atomic E-state index is -0.538. The lowest BCUT2D eigenvalue weighted by molar-refractivity contribution is -0.383. The average Bonchev–Trinajstić information content (AvgIpc) is 2.37. The number of nitro groups is 1. The van der Waals surface area contributed by atoms with E-state index >= 15 is 0 Å². The molecule has 0 saturated heterocycles. The van der Waals surface area contributed by atoms with E-state index in [9.17, 15) is 14.9 Å². The van der Waals surface area contributed by atoms with Gasteiger partial charge in [-0.05, 0) is 18.6 Å². The fourth-order valence-corrected chi connectivity index (χ4v) is 1.69. The van der Waals surface area contributed by atoms with Crippen LogP contribution in [0.4, 0.5) is 17.1 Å². The quantitative estimate of drug-likeness (QED) is 0.363. The topological polar surface area (TPSA) is 98.7 Å². The smallest absolute Gasteiger partial charge is 0.325 e. The Labute approximate surface area is 111 Å². The Morgan fingerprint density at radius 1 is 1.53 bits per heavy atom. The largest absolute Gasteiger partial charge is 0.468 e. The molecular formula is C12H17N3O4. The predicted octanol–water partition coefficient (Wildman–Crippen LogP) is 1.57. The van der Waals surface area contributed by atoms with Crippen LogP contribution in [0.2, 0.25) is 0 Å². The highest BCUT2D eigenvalue weighted by Crippen LogP contribution is 2.27. The number of nitrogens with two attached hydrogens (primary N) is 1. The van der Waals surface area contributed by atoms with Crippen LogP contribution in [-0.4, -0.2) is 31.1 Å². The molecule has 1 aromatic rings. The molecule has 0 aliphatic carbocycles. The van der Waals surface area contributed by atoms with Gasteiger partial charge in [-0.1, -0.05) is 6.92 Å². The third-order valence-corrected chi connectivity index (χ3v) is 2.61. The van der Waals surface area contributed by atoms with Crippen molar-refractivity contribution in [2.75, 3.05) is 30.8 Å². The van der Waals surface area contributed by atoms with Crippen molar-refractivity contribution in [3.63, 3.8) is 0 Å². The van der Waals surface area contributed by atoms with Crippen molar-refractivity contribution in [3.05, 3.63) is 28.3 Å². The van der Waals surface area contributed by atoms with Gasteiger partial charge in [0.15, 0.2) is 0 Å². The molecule has 1 aromatic carbocycles. The van der Waals surface area contributed by atoms with Crippen molar-refractivity contribution < 1.29 is 14.5 Å². The number of nitrogens with zero attached hydrogens (tertiary/aromatic N) is 2. The summed E-state index contributed by atoms with van der Waals surface area (Å²) in [7, 11) is 1.32. The summed E-state index contributed by atoms with van der Waals surface area (Å²) in [6.07, 6.45) is 0.827. The summed E-state index contributed by atoms with van der Waals surface area (Å²) in [5.74, 6) is -0.370. The number of hydrogen-bond acceptors (Lipinski definition) is 6. The summed E-state index contributed by atoms with van der Waals surface area (Å²) in [4.78, 5) is 23.2. The molecule has 0 fully saturated rings. The van der Waals surface area contributed by atoms with Crippen molar-refractivity contribution in [2.24, 2.45) is 0 Å². The number of methoxy groups -OCH3 is 1. The molecule has 19 heavy (non-hydrogen) atoms. The van der Waals surface area contributed by atoms with Crippen LogP contribution in [0.5, 0.6) is 0 Å². The minimum absolute atomic E-state index is 0.0773. The average molecular weight is 267 g/mol. The van der Waals surface area contributed by atoms with E-state index in [2.05, 4.69) is 4.74 Å². The lowest BCUT2D eigenvalue weighted by Crippen LogP contribution is -2.31. The maximum atomic E-state index is 11.3. The Kier molecular flexibility index (Phi) is 5.11. The molecule has 0 atom stereocenters. The predicted molar refractivity (Wildman–Crippen MR) is 72.0 cm³/mol. The van der Waals surface area contributed by atoms with Gasteiger partial charge in [-0.2, -0.15) is 0 Å². The molecule has 0 saturated carbocycles. The third-order valence-electron chi connectivity index (χ3n) is 2.61. The monoisotopic (exact) mass is 267 g/mol. The lowest BCUT2D eigenvalue weighted by atomic mass is 10.2. The van der Waals surface area contributed by atoms with Gasteiger partial charge in [0.2, 0.25) is 0 Å². The van der Waals surface area contributed by atoms with Gasteiger partial charge in [0, 0.05) is 18.3 Å². The van der Waals surface area contributed by atoms with Gasteiger partial charge in [-0.3, -0.25) is 14.9 Å². The molecule has 1 rings (SSSR count). The molecule has 0 radical (unpaired) electrons. The van der Waals surface area contributed by atoms with Gasteiger partial charge >= 0.3 is 5.97 Å². The van der Waals surface area contributed by atoms with E-state index in [-0.39, 0.29) is 23.9 Å². The Morgan fingerprint density at radius 2 is 2.21 bits per heavy atom. The number of carbonyl (C=O) groups is 1. The molecule has 0 aromatic heterocycles. The summed E-state index contributed by atoms with van der Waals surface area (Å²) in [6, 6.07) is 4.41. The Balaban J connectivity index is 2.99. The van der Waals surface area contributed by atoms with Crippen LogP contribution in [0.25, 0.3) is 0 Å². The summed E-state index contributed by atoms with van der Waals surface area (Å²) in [6.45, 7) is 2.69. The summed E-state index contributed by atoms with van der Waals surface area (Å²) in [5.41, 5.74) is 6.23. The van der Waals surface area contributed by atoms with Crippen molar-refractivity contribution >= 4 is 23.0 Å². The highest BCUT2D eigenvalue weighted by atomic mass is 16.6. The van der Waals surface area contributed by atoms with Crippen LogP contribution in [0, 0.1) is 10.1 Å². The second kappa shape index (κ2) is 6.58. The number of ether oxygens (including phenoxy) is 1. The standard InChI is InChI=1S/C12H17N3O4/c1-3-6-14(8-12(16)19-2)9-4-5-11(15(17)18)10(13)7-9/h4-5,7H,3,6,8,13H2,1-2H3. The van der Waals surface area contributed by atoms with Gasteiger partial charge in [0.1, 0.15) is 12.2 Å². The van der Waals surface area contributed by atoms with Crippen LogP contribution in [0.3, 0.4) is 0 Å². The summed E-state index contributed by atoms with van der Waals surface area (Å²) < 4.78 is 4.62. The van der Waals surface area contributed by atoms with Crippen LogP contribution < -0.4 is 10.6 Å². The second-order valence-electron chi connectivity index (χ2n) is 4.00. The van der Waals surface area contributed by atoms with E-state index in [1.807, 2.05) is 6.92 Å². The van der Waals surface area contributed by atoms with E-state index in [1.165, 1.54) is 19.2 Å². The van der Waals surface area contributed by atoms with Crippen molar-refractivity contribution in [3.8, 4) is 0 Å². The molecule has 7 heteroatoms. The van der Waals surface area contributed by atoms with Gasteiger partial charge < -0.3 is 15.4 Å². The Morgan fingerprint density at radius 3 is 2.68 bits per heavy atom. The molecule has 0 aliphatic rings. The fourth-order valence-electron chi connectivity index (χ4n) is 1.69. The van der Waals surface area contributed by atoms with Crippen LogP contribution in [0.15, 0.2) is 18.2 Å². The molecule has 0 bridgehead atoms. The van der Waals surface area contributed by atoms with E-state index in [4.69, 9.17) is 5.73 Å². The van der Waals surface area contributed by atoms with E-state index in [0.717, 1.165) is 6.42 Å². The molecule has 2 N–H and O–H groups in total. The molecule has 0 heterocycles. The molecule has 104 valence electrons. The van der Waals surface area contributed by atoms with Crippen molar-refractivity contribution in [1.82, 2.24) is 0 Å². The first kappa shape index (κ1) is 14.7. The summed E-state index contributed by atoms with van der Waals surface area (Å²) >= 11 is 0. The number of nitro benzene ring substituents is 1. The SMILES string of the molecule is CCCN(CC(=O)OC)c1ccc([N+](=O)[O-])c(N)c1. The Bertz CT molecular complexity index is 476. The normalized spacial score (nSPS) is 10.0. The number of carbonyl (C=O) groups excluding carboxylic acids is 1. The first-order chi connectivity index (χ1) is 8.99. The van der Waals surface area contributed by atoms with Crippen LogP contribution in [-0.2, 0) is 9.53 Å². The maximum absolute atomic E-state index is 11.3. The Hall–Kier alpha value is -2.31. The molecule has 0 aliphatic heterocycles. The molecule has 0 spiro atoms. The molecular weight excluding hydrogens is 250 g/mol. The third kappa shape index (κ3) is 3.84. The number of rotatable bonds is 6. The number of nitrogen functional groups attached to an aromatic ring is 1. The van der Waals surface area contributed by atoms with Crippen LogP contribution >= 0.6 is 0 Å². The van der Waals surface area contributed by atoms with Gasteiger partial charge in [-0.15, -0.1) is 0 Å². The maximum Gasteiger partial charge on any atom is 0.325 e. The molecule has 0 amide bonds. The van der Waals surface area contributed by atoms with Crippen LogP contribution in [0.1, 0.15) is 13.3 Å². The van der Waals surface area contributed by atoms with Gasteiger partial charge in [0.25, 0.3) is 5.69 Å². The summed E-state index contributed by atoms with van der Waals surface area (Å²) in [5, 5.41) is 10.7. The van der Waals surface area contributed by atoms with E-state index < -0.39 is 4.92 Å². The van der Waals surface area contributed by atoms with Gasteiger partial charge in [0.05, 0.1) is 12.0 Å². The van der Waals surface area contributed by atoms with Gasteiger partial charge in [-0.25, -0.2) is 0 Å².